The smallest absolute Gasteiger partial charge is 0.322 e. The van der Waals surface area contributed by atoms with E-state index in [0.29, 0.717) is 11.5 Å². The van der Waals surface area contributed by atoms with E-state index in [1.807, 2.05) is 43.3 Å². The summed E-state index contributed by atoms with van der Waals surface area (Å²) in [6, 6.07) is 14.7. The maximum atomic E-state index is 14.3. The molecular weight excluding hydrogens is 347 g/mol. The van der Waals surface area contributed by atoms with E-state index in [4.69, 9.17) is 4.74 Å². The summed E-state index contributed by atoms with van der Waals surface area (Å²) < 4.78 is 20.0. The number of anilines is 1. The molecule has 0 spiro atoms. The molecule has 0 saturated carbocycles. The van der Waals surface area contributed by atoms with Crippen LogP contribution in [-0.2, 0) is 11.3 Å². The number of hydrogen-bond acceptors (Lipinski definition) is 3. The van der Waals surface area contributed by atoms with Crippen molar-refractivity contribution >= 4 is 22.8 Å². The normalized spacial score (nSPS) is 19.6. The van der Waals surface area contributed by atoms with Crippen LogP contribution in [0.4, 0.5) is 14.9 Å². The molecule has 1 aromatic heterocycles. The van der Waals surface area contributed by atoms with Crippen LogP contribution in [0.1, 0.15) is 11.4 Å². The molecule has 2 N–H and O–H groups in total. The van der Waals surface area contributed by atoms with Crippen molar-refractivity contribution in [2.75, 3.05) is 18.4 Å². The first-order valence-electron chi connectivity index (χ1n) is 8.90. The SMILES string of the molecule is Cc1ccc2nc(COC3CN(C(=O)Nc4ccccc4)CC3F)[nH]c2c1. The number of carbonyl (C=O) groups is 1. The fourth-order valence-electron chi connectivity index (χ4n) is 3.21. The number of urea groups is 1. The molecular formula is C20H21FN4O2. The van der Waals surface area contributed by atoms with Gasteiger partial charge in [0, 0.05) is 5.69 Å². The van der Waals surface area contributed by atoms with Crippen LogP contribution in [-0.4, -0.2) is 46.3 Å². The van der Waals surface area contributed by atoms with Gasteiger partial charge in [0.2, 0.25) is 0 Å². The van der Waals surface area contributed by atoms with Crippen molar-refractivity contribution in [2.24, 2.45) is 0 Å². The Kier molecular flexibility index (Phi) is 4.77. The van der Waals surface area contributed by atoms with E-state index in [1.165, 1.54) is 4.90 Å². The van der Waals surface area contributed by atoms with E-state index >= 15 is 0 Å². The number of hydrogen-bond donors (Lipinski definition) is 2. The minimum atomic E-state index is -1.22. The molecule has 7 heteroatoms. The number of ether oxygens (including phenoxy) is 1. The number of para-hydroxylation sites is 1. The van der Waals surface area contributed by atoms with Crippen LogP contribution in [0.25, 0.3) is 11.0 Å². The molecule has 1 aliphatic heterocycles. The third kappa shape index (κ3) is 3.93. The number of likely N-dealkylation sites (tertiary alicyclic amines) is 1. The number of halogens is 1. The average Bonchev–Trinajstić information content (AvgIpc) is 3.23. The molecule has 2 amide bonds. The third-order valence-corrected chi connectivity index (χ3v) is 4.63. The minimum absolute atomic E-state index is 0.0165. The molecule has 0 bridgehead atoms. The Balaban J connectivity index is 1.34. The highest BCUT2D eigenvalue weighted by Crippen LogP contribution is 2.20. The van der Waals surface area contributed by atoms with Crippen molar-refractivity contribution in [3.05, 3.63) is 59.9 Å². The van der Waals surface area contributed by atoms with E-state index in [0.717, 1.165) is 16.6 Å². The van der Waals surface area contributed by atoms with Gasteiger partial charge < -0.3 is 19.9 Å². The number of nitrogens with zero attached hydrogens (tertiary/aromatic N) is 2. The Morgan fingerprint density at radius 3 is 2.93 bits per heavy atom. The second kappa shape index (κ2) is 7.36. The van der Waals surface area contributed by atoms with Crippen molar-refractivity contribution < 1.29 is 13.9 Å². The molecule has 140 valence electrons. The number of benzene rings is 2. The number of aryl methyl sites for hydroxylation is 1. The first kappa shape index (κ1) is 17.5. The van der Waals surface area contributed by atoms with Gasteiger partial charge in [-0.3, -0.25) is 0 Å². The second-order valence-corrected chi connectivity index (χ2v) is 6.77. The Bertz CT molecular complexity index is 944. The summed E-state index contributed by atoms with van der Waals surface area (Å²) >= 11 is 0. The monoisotopic (exact) mass is 368 g/mol. The molecule has 1 fully saturated rings. The fourth-order valence-corrected chi connectivity index (χ4v) is 3.21. The minimum Gasteiger partial charge on any atom is -0.365 e. The molecule has 6 nitrogen and oxygen atoms in total. The van der Waals surface area contributed by atoms with E-state index in [-0.39, 0.29) is 25.7 Å². The van der Waals surface area contributed by atoms with Gasteiger partial charge in [0.15, 0.2) is 0 Å². The Hall–Kier alpha value is -2.93. The number of fused-ring (bicyclic) bond motifs is 1. The van der Waals surface area contributed by atoms with Crippen LogP contribution in [0.3, 0.4) is 0 Å². The maximum absolute atomic E-state index is 14.3. The first-order chi connectivity index (χ1) is 13.1. The number of carbonyl (C=O) groups excluding carboxylic acids is 1. The van der Waals surface area contributed by atoms with Gasteiger partial charge in [-0.05, 0) is 36.8 Å². The highest BCUT2D eigenvalue weighted by atomic mass is 19.1. The van der Waals surface area contributed by atoms with Crippen LogP contribution in [0.2, 0.25) is 0 Å². The lowest BCUT2D eigenvalue weighted by atomic mass is 10.2. The lowest BCUT2D eigenvalue weighted by molar-refractivity contribution is 0.00961. The summed E-state index contributed by atoms with van der Waals surface area (Å²) in [7, 11) is 0. The number of imidazole rings is 1. The highest BCUT2D eigenvalue weighted by Gasteiger charge is 2.36. The molecule has 2 heterocycles. The first-order valence-corrected chi connectivity index (χ1v) is 8.90. The number of amides is 2. The third-order valence-electron chi connectivity index (χ3n) is 4.63. The number of aromatic amines is 1. The molecule has 4 rings (SSSR count). The molecule has 3 aromatic rings. The molecule has 2 atom stereocenters. The van der Waals surface area contributed by atoms with E-state index in [1.54, 1.807) is 12.1 Å². The second-order valence-electron chi connectivity index (χ2n) is 6.77. The summed E-state index contributed by atoms with van der Waals surface area (Å²) in [6.45, 7) is 2.41. The Morgan fingerprint density at radius 2 is 2.11 bits per heavy atom. The standard InChI is InChI=1S/C20H21FN4O2/c1-13-7-8-16-17(9-13)24-19(23-16)12-27-18-11-25(10-15(18)21)20(26)22-14-5-3-2-4-6-14/h2-9,15,18H,10-12H2,1H3,(H,22,26)(H,23,24). The van der Waals surface area contributed by atoms with Gasteiger partial charge in [-0.1, -0.05) is 24.3 Å². The van der Waals surface area contributed by atoms with Gasteiger partial charge in [0.25, 0.3) is 0 Å². The summed E-state index contributed by atoms with van der Waals surface area (Å²) in [6.07, 6.45) is -1.89. The van der Waals surface area contributed by atoms with Crippen molar-refractivity contribution in [3.63, 3.8) is 0 Å². The van der Waals surface area contributed by atoms with E-state index < -0.39 is 12.3 Å². The maximum Gasteiger partial charge on any atom is 0.322 e. The summed E-state index contributed by atoms with van der Waals surface area (Å²) in [5.74, 6) is 0.648. The van der Waals surface area contributed by atoms with Crippen LogP contribution >= 0.6 is 0 Å². The van der Waals surface area contributed by atoms with Crippen molar-refractivity contribution in [1.82, 2.24) is 14.9 Å². The molecule has 27 heavy (non-hydrogen) atoms. The molecule has 2 aromatic carbocycles. The van der Waals surface area contributed by atoms with Gasteiger partial charge >= 0.3 is 6.03 Å². The number of rotatable bonds is 4. The van der Waals surface area contributed by atoms with Crippen LogP contribution in [0, 0.1) is 6.92 Å². The molecule has 0 radical (unpaired) electrons. The zero-order valence-electron chi connectivity index (χ0n) is 15.0. The van der Waals surface area contributed by atoms with Crippen molar-refractivity contribution in [2.45, 2.75) is 25.8 Å². The lowest BCUT2D eigenvalue weighted by Crippen LogP contribution is -2.34. The summed E-state index contributed by atoms with van der Waals surface area (Å²) in [4.78, 5) is 21.4. The predicted octanol–water partition coefficient (Wildman–Crippen LogP) is 3.64. The topological polar surface area (TPSA) is 70.2 Å². The largest absolute Gasteiger partial charge is 0.365 e. The highest BCUT2D eigenvalue weighted by molar-refractivity contribution is 5.89. The molecule has 1 saturated heterocycles. The number of H-pyrrole nitrogens is 1. The zero-order valence-corrected chi connectivity index (χ0v) is 15.0. The quantitative estimate of drug-likeness (QED) is 0.739. The van der Waals surface area contributed by atoms with Crippen LogP contribution in [0.15, 0.2) is 48.5 Å². The fraction of sp³-hybridized carbons (Fsp3) is 0.300. The lowest BCUT2D eigenvalue weighted by Gasteiger charge is -2.16. The van der Waals surface area contributed by atoms with Crippen molar-refractivity contribution in [1.29, 1.82) is 0 Å². The van der Waals surface area contributed by atoms with Crippen LogP contribution < -0.4 is 5.32 Å². The number of aromatic nitrogens is 2. The molecule has 2 unspecified atom stereocenters. The Labute approximate surface area is 156 Å². The zero-order chi connectivity index (χ0) is 18.8. The van der Waals surface area contributed by atoms with E-state index in [9.17, 15) is 9.18 Å². The summed E-state index contributed by atoms with van der Waals surface area (Å²) in [5, 5.41) is 2.77. The van der Waals surface area contributed by atoms with Gasteiger partial charge in [-0.25, -0.2) is 14.2 Å². The predicted molar refractivity (Wildman–Crippen MR) is 101 cm³/mol. The van der Waals surface area contributed by atoms with Gasteiger partial charge in [0.1, 0.15) is 24.7 Å². The Morgan fingerprint density at radius 1 is 1.30 bits per heavy atom. The van der Waals surface area contributed by atoms with E-state index in [2.05, 4.69) is 15.3 Å². The molecule has 0 aliphatic carbocycles. The average molecular weight is 368 g/mol. The molecule has 1 aliphatic rings. The van der Waals surface area contributed by atoms with Gasteiger partial charge in [0.05, 0.1) is 24.1 Å². The number of nitrogens with one attached hydrogen (secondary N) is 2. The van der Waals surface area contributed by atoms with Crippen molar-refractivity contribution in [3.8, 4) is 0 Å². The van der Waals surface area contributed by atoms with Gasteiger partial charge in [-0.15, -0.1) is 0 Å². The van der Waals surface area contributed by atoms with Gasteiger partial charge in [-0.2, -0.15) is 0 Å². The van der Waals surface area contributed by atoms with Crippen LogP contribution in [0.5, 0.6) is 0 Å². The summed E-state index contributed by atoms with van der Waals surface area (Å²) in [5.41, 5.74) is 3.60. The number of alkyl halides is 1.